The number of nitrogens with zero attached hydrogens (tertiary/aromatic N) is 3. The fourth-order valence-corrected chi connectivity index (χ4v) is 2.21. The summed E-state index contributed by atoms with van der Waals surface area (Å²) < 4.78 is 1.57. The first-order valence-electron chi connectivity index (χ1n) is 5.37. The predicted octanol–water partition coefficient (Wildman–Crippen LogP) is 1.68. The molecule has 1 aromatic carbocycles. The summed E-state index contributed by atoms with van der Waals surface area (Å²) in [6.07, 6.45) is 1.99. The van der Waals surface area contributed by atoms with E-state index in [0.717, 1.165) is 5.56 Å². The molecule has 2 rings (SSSR count). The van der Waals surface area contributed by atoms with Gasteiger partial charge in [-0.1, -0.05) is 35.5 Å². The lowest BCUT2D eigenvalue weighted by Gasteiger charge is -2.27. The third-order valence-electron chi connectivity index (χ3n) is 2.85. The number of alkyl halides is 1. The Morgan fingerprint density at radius 2 is 2.06 bits per heavy atom. The van der Waals surface area contributed by atoms with Crippen molar-refractivity contribution in [1.82, 2.24) is 15.0 Å². The summed E-state index contributed by atoms with van der Waals surface area (Å²) in [5.74, 6) is 0.358. The molecule has 0 aliphatic carbocycles. The third kappa shape index (κ3) is 2.18. The minimum Gasteiger partial charge on any atom is -0.379 e. The molecule has 1 atom stereocenters. The van der Waals surface area contributed by atoms with Crippen LogP contribution in [-0.4, -0.2) is 26.0 Å². The molecule has 4 nitrogen and oxygen atoms in total. The minimum atomic E-state index is -1.14. The van der Waals surface area contributed by atoms with Crippen LogP contribution in [0.15, 0.2) is 36.5 Å². The Kier molecular flexibility index (Phi) is 3.45. The largest absolute Gasteiger partial charge is 0.379 e. The van der Waals surface area contributed by atoms with Gasteiger partial charge in [-0.05, 0) is 12.0 Å². The first-order valence-corrected chi connectivity index (χ1v) is 5.91. The van der Waals surface area contributed by atoms with Crippen LogP contribution in [0.3, 0.4) is 0 Å². The van der Waals surface area contributed by atoms with Gasteiger partial charge in [-0.2, -0.15) is 0 Å². The topological polar surface area (TPSA) is 50.9 Å². The number of aliphatic hydroxyl groups is 1. The first-order chi connectivity index (χ1) is 8.18. The fraction of sp³-hybridized carbons (Fsp3) is 0.333. The summed E-state index contributed by atoms with van der Waals surface area (Å²) in [6.45, 7) is 0. The number of aryl methyl sites for hydroxylation is 1. The summed E-state index contributed by atoms with van der Waals surface area (Å²) in [5, 5.41) is 18.5. The molecular formula is C12H14ClN3O. The second-order valence-electron chi connectivity index (χ2n) is 3.91. The molecule has 0 radical (unpaired) electrons. The van der Waals surface area contributed by atoms with Gasteiger partial charge in [0.2, 0.25) is 0 Å². The Bertz CT molecular complexity index is 486. The van der Waals surface area contributed by atoms with Crippen LogP contribution in [-0.2, 0) is 12.6 Å². The van der Waals surface area contributed by atoms with Gasteiger partial charge in [0.15, 0.2) is 0 Å². The molecule has 0 saturated heterocycles. The lowest BCUT2D eigenvalue weighted by atomic mass is 9.88. The molecule has 5 heteroatoms. The first kappa shape index (κ1) is 12.1. The average Bonchev–Trinajstić information content (AvgIpc) is 2.77. The van der Waals surface area contributed by atoms with E-state index >= 15 is 0 Å². The molecule has 0 spiro atoms. The van der Waals surface area contributed by atoms with Crippen molar-refractivity contribution in [1.29, 1.82) is 0 Å². The van der Waals surface area contributed by atoms with Gasteiger partial charge in [0.25, 0.3) is 0 Å². The molecule has 2 aromatic rings. The van der Waals surface area contributed by atoms with Gasteiger partial charge >= 0.3 is 0 Å². The quantitative estimate of drug-likeness (QED) is 0.842. The maximum absolute atomic E-state index is 10.8. The summed E-state index contributed by atoms with van der Waals surface area (Å²) >= 11 is 5.79. The van der Waals surface area contributed by atoms with E-state index in [9.17, 15) is 5.11 Å². The van der Waals surface area contributed by atoms with Gasteiger partial charge in [-0.25, -0.2) is 4.68 Å². The average molecular weight is 252 g/mol. The van der Waals surface area contributed by atoms with Crippen LogP contribution in [0, 0.1) is 0 Å². The van der Waals surface area contributed by atoms with E-state index in [0.29, 0.717) is 18.0 Å². The number of aromatic nitrogens is 3. The van der Waals surface area contributed by atoms with Crippen LogP contribution in [0.5, 0.6) is 0 Å². The van der Waals surface area contributed by atoms with Gasteiger partial charge in [-0.3, -0.25) is 0 Å². The number of halogens is 1. The van der Waals surface area contributed by atoms with Crippen LogP contribution in [0.1, 0.15) is 17.7 Å². The maximum Gasteiger partial charge on any atom is 0.134 e. The second kappa shape index (κ2) is 4.85. The van der Waals surface area contributed by atoms with Crippen LogP contribution < -0.4 is 0 Å². The Balaban J connectivity index is 2.50. The molecule has 0 fully saturated rings. The van der Waals surface area contributed by atoms with Crippen molar-refractivity contribution in [2.45, 2.75) is 12.0 Å². The van der Waals surface area contributed by atoms with Crippen molar-refractivity contribution >= 4 is 11.6 Å². The van der Waals surface area contributed by atoms with Crippen molar-refractivity contribution in [3.8, 4) is 0 Å². The maximum atomic E-state index is 10.8. The van der Waals surface area contributed by atoms with E-state index in [4.69, 9.17) is 11.6 Å². The second-order valence-corrected chi connectivity index (χ2v) is 4.29. The highest BCUT2D eigenvalue weighted by Gasteiger charge is 2.34. The molecule has 1 N–H and O–H groups in total. The summed E-state index contributed by atoms with van der Waals surface area (Å²) in [5.41, 5.74) is 0.303. The molecule has 1 unspecified atom stereocenters. The summed E-state index contributed by atoms with van der Waals surface area (Å²) in [4.78, 5) is 0. The van der Waals surface area contributed by atoms with E-state index in [-0.39, 0.29) is 0 Å². The SMILES string of the molecule is Cn1nncc1C(O)(CCCl)c1ccccc1. The molecule has 90 valence electrons. The van der Waals surface area contributed by atoms with Crippen LogP contribution in [0.2, 0.25) is 0 Å². The van der Waals surface area contributed by atoms with E-state index < -0.39 is 5.60 Å². The van der Waals surface area contributed by atoms with Crippen molar-refractivity contribution in [3.05, 3.63) is 47.8 Å². The number of benzene rings is 1. The summed E-state index contributed by atoms with van der Waals surface area (Å²) in [6, 6.07) is 9.43. The van der Waals surface area contributed by atoms with Gasteiger partial charge < -0.3 is 5.11 Å². The Hall–Kier alpha value is -1.39. The smallest absolute Gasteiger partial charge is 0.134 e. The molecule has 1 aromatic heterocycles. The lowest BCUT2D eigenvalue weighted by molar-refractivity contribution is 0.0686. The molecule has 0 saturated carbocycles. The minimum absolute atomic E-state index is 0.358. The highest BCUT2D eigenvalue weighted by atomic mass is 35.5. The normalized spacial score (nSPS) is 14.5. The Morgan fingerprint density at radius 3 is 2.59 bits per heavy atom. The zero-order chi connectivity index (χ0) is 12.3. The van der Waals surface area contributed by atoms with Gasteiger partial charge in [0.05, 0.1) is 11.9 Å². The van der Waals surface area contributed by atoms with Crippen molar-refractivity contribution < 1.29 is 5.11 Å². The number of hydrogen-bond acceptors (Lipinski definition) is 3. The molecule has 1 heterocycles. The predicted molar refractivity (Wildman–Crippen MR) is 65.8 cm³/mol. The highest BCUT2D eigenvalue weighted by Crippen LogP contribution is 2.32. The lowest BCUT2D eigenvalue weighted by Crippen LogP contribution is -2.30. The fourth-order valence-electron chi connectivity index (χ4n) is 1.94. The van der Waals surface area contributed by atoms with E-state index in [1.807, 2.05) is 30.3 Å². The van der Waals surface area contributed by atoms with Gasteiger partial charge in [-0.15, -0.1) is 16.7 Å². The molecule has 0 aliphatic rings. The molecular weight excluding hydrogens is 238 g/mol. The zero-order valence-corrected chi connectivity index (χ0v) is 10.3. The number of rotatable bonds is 4. The van der Waals surface area contributed by atoms with E-state index in [1.54, 1.807) is 17.9 Å². The molecule has 0 bridgehead atoms. The van der Waals surface area contributed by atoms with Gasteiger partial charge in [0.1, 0.15) is 5.60 Å². The van der Waals surface area contributed by atoms with Crippen LogP contribution in [0.4, 0.5) is 0 Å². The third-order valence-corrected chi connectivity index (χ3v) is 3.03. The van der Waals surface area contributed by atoms with Gasteiger partial charge in [0, 0.05) is 12.9 Å². The van der Waals surface area contributed by atoms with Crippen LogP contribution >= 0.6 is 11.6 Å². The molecule has 17 heavy (non-hydrogen) atoms. The zero-order valence-electron chi connectivity index (χ0n) is 9.55. The Labute approximate surface area is 105 Å². The van der Waals surface area contributed by atoms with E-state index in [2.05, 4.69) is 10.3 Å². The monoisotopic (exact) mass is 251 g/mol. The van der Waals surface area contributed by atoms with E-state index in [1.165, 1.54) is 0 Å². The van der Waals surface area contributed by atoms with Crippen molar-refractivity contribution in [2.75, 3.05) is 5.88 Å². The number of hydrogen-bond donors (Lipinski definition) is 1. The summed E-state index contributed by atoms with van der Waals surface area (Å²) in [7, 11) is 1.75. The Morgan fingerprint density at radius 1 is 1.35 bits per heavy atom. The highest BCUT2D eigenvalue weighted by molar-refractivity contribution is 6.17. The van der Waals surface area contributed by atoms with Crippen LogP contribution in [0.25, 0.3) is 0 Å². The molecule has 0 aliphatic heterocycles. The van der Waals surface area contributed by atoms with Crippen molar-refractivity contribution in [2.24, 2.45) is 7.05 Å². The standard InChI is InChI=1S/C12H14ClN3O/c1-16-11(9-14-15-16)12(17,7-8-13)10-5-3-2-4-6-10/h2-6,9,17H,7-8H2,1H3. The molecule has 0 amide bonds. The van der Waals surface area contributed by atoms with Crippen molar-refractivity contribution in [3.63, 3.8) is 0 Å².